The van der Waals surface area contributed by atoms with Crippen molar-refractivity contribution in [3.05, 3.63) is 188 Å². The molecule has 0 radical (unpaired) electrons. The van der Waals surface area contributed by atoms with Crippen molar-refractivity contribution in [2.45, 2.75) is 0 Å². The van der Waals surface area contributed by atoms with Crippen LogP contribution in [0, 0.1) is 0 Å². The van der Waals surface area contributed by atoms with E-state index in [0.717, 1.165) is 22.1 Å². The summed E-state index contributed by atoms with van der Waals surface area (Å²) >= 11 is 3.65. The van der Waals surface area contributed by atoms with Crippen LogP contribution in [0.1, 0.15) is 0 Å². The summed E-state index contributed by atoms with van der Waals surface area (Å²) in [5.41, 5.74) is 10.1. The van der Waals surface area contributed by atoms with Crippen LogP contribution in [-0.2, 0) is 0 Å². The molecule has 0 aliphatic rings. The minimum atomic E-state index is 0.651. The molecular formula is C51H31N3S2. The van der Waals surface area contributed by atoms with Gasteiger partial charge in [-0.3, -0.25) is 0 Å². The van der Waals surface area contributed by atoms with E-state index >= 15 is 0 Å². The number of thiophene rings is 2. The molecule has 3 heterocycles. The molecule has 3 nitrogen and oxygen atoms in total. The largest absolute Gasteiger partial charge is 0.208 e. The Labute approximate surface area is 331 Å². The molecule has 0 aliphatic carbocycles. The van der Waals surface area contributed by atoms with Crippen LogP contribution in [0.15, 0.2) is 188 Å². The van der Waals surface area contributed by atoms with E-state index in [0.29, 0.717) is 17.5 Å². The van der Waals surface area contributed by atoms with Crippen molar-refractivity contribution in [1.82, 2.24) is 15.0 Å². The van der Waals surface area contributed by atoms with Crippen molar-refractivity contribution >= 4 is 63.0 Å². The molecule has 0 spiro atoms. The van der Waals surface area contributed by atoms with E-state index in [9.17, 15) is 0 Å². The van der Waals surface area contributed by atoms with E-state index in [4.69, 9.17) is 15.0 Å². The van der Waals surface area contributed by atoms with Gasteiger partial charge in [0.2, 0.25) is 0 Å². The van der Waals surface area contributed by atoms with E-state index in [1.807, 2.05) is 29.5 Å². The van der Waals surface area contributed by atoms with E-state index in [1.54, 1.807) is 11.3 Å². The summed E-state index contributed by atoms with van der Waals surface area (Å²) in [6.45, 7) is 0. The quantitative estimate of drug-likeness (QED) is 0.170. The minimum absolute atomic E-state index is 0.651. The van der Waals surface area contributed by atoms with Crippen molar-refractivity contribution in [2.75, 3.05) is 0 Å². The fourth-order valence-electron chi connectivity index (χ4n) is 7.90. The van der Waals surface area contributed by atoms with E-state index in [1.165, 1.54) is 68.3 Å². The predicted octanol–water partition coefficient (Wildman–Crippen LogP) is 14.6. The van der Waals surface area contributed by atoms with E-state index in [-0.39, 0.29) is 0 Å². The van der Waals surface area contributed by atoms with Crippen molar-refractivity contribution in [3.8, 4) is 67.5 Å². The third kappa shape index (κ3) is 5.51. The first-order valence-corrected chi connectivity index (χ1v) is 20.3. The third-order valence-corrected chi connectivity index (χ3v) is 13.0. The number of benzene rings is 8. The monoisotopic (exact) mass is 749 g/mol. The standard InChI is InChI=1S/C51H31N3S2/c1-5-16-32(17-6-1)36-30-42(34-20-9-3-10-21-34)47-43(31-36)45-40(29-28-37(48(45)56-47)33-18-7-2-8-19-33)50-52-49(35-22-11-4-12-23-35)53-51(54-50)41-26-15-25-39-38-24-13-14-27-44(38)55-46(39)41/h1-31H. The summed E-state index contributed by atoms with van der Waals surface area (Å²) in [7, 11) is 0. The molecular weight excluding hydrogens is 719 g/mol. The van der Waals surface area contributed by atoms with Gasteiger partial charge < -0.3 is 0 Å². The Balaban J connectivity index is 1.25. The van der Waals surface area contributed by atoms with E-state index in [2.05, 4.69) is 170 Å². The summed E-state index contributed by atoms with van der Waals surface area (Å²) in [5, 5.41) is 4.80. The first-order chi connectivity index (χ1) is 27.8. The van der Waals surface area contributed by atoms with Gasteiger partial charge in [0.15, 0.2) is 17.5 Å². The fraction of sp³-hybridized carbons (Fsp3) is 0. The SMILES string of the molecule is c1ccc(-c2cc(-c3ccccc3)c3sc4c(-c5ccccc5)ccc(-c5nc(-c6ccccc6)nc(-c6cccc7c6sc6ccccc67)n5)c4c3c2)cc1. The number of aromatic nitrogens is 3. The summed E-state index contributed by atoms with van der Waals surface area (Å²) < 4.78 is 4.87. The van der Waals surface area contributed by atoms with Crippen molar-refractivity contribution < 1.29 is 0 Å². The second kappa shape index (κ2) is 13.5. The van der Waals surface area contributed by atoms with Crippen LogP contribution in [0.5, 0.6) is 0 Å². The van der Waals surface area contributed by atoms with Gasteiger partial charge in [-0.2, -0.15) is 0 Å². The maximum absolute atomic E-state index is 5.41. The van der Waals surface area contributed by atoms with Gasteiger partial charge in [-0.25, -0.2) is 15.0 Å². The van der Waals surface area contributed by atoms with Gasteiger partial charge in [-0.15, -0.1) is 22.7 Å². The van der Waals surface area contributed by atoms with Crippen LogP contribution in [0.25, 0.3) is 108 Å². The molecule has 0 aliphatic heterocycles. The first-order valence-electron chi connectivity index (χ1n) is 18.7. The maximum Gasteiger partial charge on any atom is 0.165 e. The number of hydrogen-bond acceptors (Lipinski definition) is 5. The van der Waals surface area contributed by atoms with Gasteiger partial charge in [0.05, 0.1) is 0 Å². The number of rotatable bonds is 6. The predicted molar refractivity (Wildman–Crippen MR) is 238 cm³/mol. The lowest BCUT2D eigenvalue weighted by Crippen LogP contribution is -2.00. The molecule has 3 aromatic heterocycles. The Morgan fingerprint density at radius 1 is 0.286 bits per heavy atom. The Morgan fingerprint density at radius 2 is 0.821 bits per heavy atom. The Morgan fingerprint density at radius 3 is 1.54 bits per heavy atom. The van der Waals surface area contributed by atoms with Crippen molar-refractivity contribution in [2.24, 2.45) is 0 Å². The molecule has 0 fully saturated rings. The number of nitrogens with zero attached hydrogens (tertiary/aromatic N) is 3. The van der Waals surface area contributed by atoms with Gasteiger partial charge in [0.25, 0.3) is 0 Å². The van der Waals surface area contributed by atoms with Gasteiger partial charge in [-0.05, 0) is 58.1 Å². The molecule has 5 heteroatoms. The molecule has 262 valence electrons. The molecule has 0 amide bonds. The molecule has 8 aromatic carbocycles. The normalized spacial score (nSPS) is 11.6. The maximum atomic E-state index is 5.41. The lowest BCUT2D eigenvalue weighted by molar-refractivity contribution is 1.08. The smallest absolute Gasteiger partial charge is 0.165 e. The topological polar surface area (TPSA) is 38.7 Å². The summed E-state index contributed by atoms with van der Waals surface area (Å²) in [5.74, 6) is 1.97. The second-order valence-corrected chi connectivity index (χ2v) is 16.0. The van der Waals surface area contributed by atoms with Crippen LogP contribution in [0.2, 0.25) is 0 Å². The Hall–Kier alpha value is -6.79. The minimum Gasteiger partial charge on any atom is -0.208 e. The summed E-state index contributed by atoms with van der Waals surface area (Å²) in [6, 6.07) is 66.7. The van der Waals surface area contributed by atoms with Gasteiger partial charge >= 0.3 is 0 Å². The zero-order valence-corrected chi connectivity index (χ0v) is 31.7. The number of fused-ring (bicyclic) bond motifs is 6. The third-order valence-electron chi connectivity index (χ3n) is 10.6. The van der Waals surface area contributed by atoms with Gasteiger partial charge in [-0.1, -0.05) is 158 Å². The van der Waals surface area contributed by atoms with Crippen LogP contribution >= 0.6 is 22.7 Å². The highest BCUT2D eigenvalue weighted by Gasteiger charge is 2.23. The average Bonchev–Trinajstić information content (AvgIpc) is 3.86. The highest BCUT2D eigenvalue weighted by molar-refractivity contribution is 7.27. The molecule has 0 atom stereocenters. The summed E-state index contributed by atoms with van der Waals surface area (Å²) in [6.07, 6.45) is 0. The number of hydrogen-bond donors (Lipinski definition) is 0. The average molecular weight is 750 g/mol. The van der Waals surface area contributed by atoms with Gasteiger partial charge in [0.1, 0.15) is 0 Å². The lowest BCUT2D eigenvalue weighted by Gasteiger charge is -2.12. The molecule has 0 bridgehead atoms. The van der Waals surface area contributed by atoms with Crippen molar-refractivity contribution in [3.63, 3.8) is 0 Å². The molecule has 0 N–H and O–H groups in total. The molecule has 11 rings (SSSR count). The first kappa shape index (κ1) is 32.6. The molecule has 0 saturated heterocycles. The highest BCUT2D eigenvalue weighted by Crippen LogP contribution is 2.49. The zero-order valence-electron chi connectivity index (χ0n) is 30.1. The van der Waals surface area contributed by atoms with Crippen LogP contribution in [0.3, 0.4) is 0 Å². The van der Waals surface area contributed by atoms with Crippen LogP contribution in [0.4, 0.5) is 0 Å². The van der Waals surface area contributed by atoms with E-state index < -0.39 is 0 Å². The van der Waals surface area contributed by atoms with Crippen LogP contribution < -0.4 is 0 Å². The molecule has 0 unspecified atom stereocenters. The summed E-state index contributed by atoms with van der Waals surface area (Å²) in [4.78, 5) is 15.9. The lowest BCUT2D eigenvalue weighted by atomic mass is 9.93. The second-order valence-electron chi connectivity index (χ2n) is 13.9. The zero-order chi connectivity index (χ0) is 37.0. The highest BCUT2D eigenvalue weighted by atomic mass is 32.1. The molecule has 0 saturated carbocycles. The van der Waals surface area contributed by atoms with Gasteiger partial charge in [0, 0.05) is 62.6 Å². The Kier molecular flexibility index (Phi) is 7.87. The fourth-order valence-corrected chi connectivity index (χ4v) is 10.5. The van der Waals surface area contributed by atoms with Crippen LogP contribution in [-0.4, -0.2) is 15.0 Å². The molecule has 11 aromatic rings. The Bertz CT molecular complexity index is 3230. The van der Waals surface area contributed by atoms with Crippen molar-refractivity contribution in [1.29, 1.82) is 0 Å². The molecule has 56 heavy (non-hydrogen) atoms.